The fraction of sp³-hybridized carbons (Fsp3) is 0.320. The van der Waals surface area contributed by atoms with Gasteiger partial charge in [0.2, 0.25) is 5.88 Å². The van der Waals surface area contributed by atoms with Crippen molar-refractivity contribution in [1.82, 2.24) is 9.88 Å². The Balaban J connectivity index is 1.31. The third-order valence-corrected chi connectivity index (χ3v) is 7.43. The van der Waals surface area contributed by atoms with Gasteiger partial charge in [-0.3, -0.25) is 4.90 Å². The smallest absolute Gasteiger partial charge is 0.219 e. The second-order valence-corrected chi connectivity index (χ2v) is 10.5. The van der Waals surface area contributed by atoms with Gasteiger partial charge in [0.25, 0.3) is 0 Å². The van der Waals surface area contributed by atoms with Crippen LogP contribution in [0.1, 0.15) is 35.2 Å². The number of hydrogen-bond donors (Lipinski definition) is 0. The van der Waals surface area contributed by atoms with E-state index in [1.807, 2.05) is 6.07 Å². The minimum absolute atomic E-state index is 0.178. The average molecular weight is 451 g/mol. The molecule has 3 heterocycles. The van der Waals surface area contributed by atoms with E-state index in [4.69, 9.17) is 9.47 Å². The second kappa shape index (κ2) is 8.22. The first kappa shape index (κ1) is 21.0. The van der Waals surface area contributed by atoms with Crippen LogP contribution in [0.3, 0.4) is 0 Å². The molecule has 0 bridgehead atoms. The Bertz CT molecular complexity index is 1260. The van der Waals surface area contributed by atoms with Crippen LogP contribution in [0, 0.1) is 0 Å². The molecule has 0 fully saturated rings. The van der Waals surface area contributed by atoms with Gasteiger partial charge in [0.1, 0.15) is 11.5 Å². The highest BCUT2D eigenvalue weighted by molar-refractivity contribution is 7.90. The van der Waals surface area contributed by atoms with Crippen molar-refractivity contribution in [3.63, 3.8) is 0 Å². The number of aromatic nitrogens is 1. The fourth-order valence-corrected chi connectivity index (χ4v) is 4.93. The topological polar surface area (TPSA) is 68.7 Å². The number of sulfone groups is 1. The highest BCUT2D eigenvalue weighted by atomic mass is 32.2. The lowest BCUT2D eigenvalue weighted by atomic mass is 9.96. The third-order valence-electron chi connectivity index (χ3n) is 6.33. The Labute approximate surface area is 188 Å². The van der Waals surface area contributed by atoms with E-state index in [1.165, 1.54) is 34.5 Å². The lowest BCUT2D eigenvalue weighted by molar-refractivity contribution is 0.191. The summed E-state index contributed by atoms with van der Waals surface area (Å²) in [6, 6.07) is 16.1. The summed E-state index contributed by atoms with van der Waals surface area (Å²) in [6.45, 7) is 4.86. The number of fused-ring (bicyclic) bond motifs is 2. The lowest BCUT2D eigenvalue weighted by Gasteiger charge is -2.34. The fourth-order valence-electron chi connectivity index (χ4n) is 4.37. The van der Waals surface area contributed by atoms with E-state index in [9.17, 15) is 8.42 Å². The van der Waals surface area contributed by atoms with Crippen molar-refractivity contribution in [2.45, 2.75) is 37.2 Å². The van der Waals surface area contributed by atoms with Crippen molar-refractivity contribution in [2.75, 3.05) is 19.4 Å². The van der Waals surface area contributed by atoms with Gasteiger partial charge in [-0.1, -0.05) is 18.2 Å². The number of ether oxygens (including phenoxy) is 2. The Morgan fingerprint density at radius 2 is 1.88 bits per heavy atom. The molecule has 0 saturated heterocycles. The summed E-state index contributed by atoms with van der Waals surface area (Å²) in [6.07, 6.45) is 4.47. The van der Waals surface area contributed by atoms with Crippen LogP contribution in [0.25, 0.3) is 0 Å². The van der Waals surface area contributed by atoms with E-state index in [1.54, 1.807) is 6.07 Å². The molecule has 2 aliphatic heterocycles. The van der Waals surface area contributed by atoms with E-state index >= 15 is 0 Å². The largest absolute Gasteiger partial charge is 0.493 e. The van der Waals surface area contributed by atoms with E-state index in [0.717, 1.165) is 44.5 Å². The lowest BCUT2D eigenvalue weighted by Crippen LogP contribution is -2.32. The third kappa shape index (κ3) is 4.23. The summed E-state index contributed by atoms with van der Waals surface area (Å²) in [7, 11) is -3.28. The van der Waals surface area contributed by atoms with Crippen LogP contribution in [0.2, 0.25) is 0 Å². The molecular formula is C25H26N2O4S. The van der Waals surface area contributed by atoms with E-state index in [2.05, 4.69) is 47.1 Å². The molecule has 5 rings (SSSR count). The van der Waals surface area contributed by atoms with Crippen LogP contribution in [0.5, 0.6) is 17.4 Å². The molecule has 6 nitrogen and oxygen atoms in total. The van der Waals surface area contributed by atoms with Crippen molar-refractivity contribution in [2.24, 2.45) is 0 Å². The number of hydrogen-bond acceptors (Lipinski definition) is 6. The summed E-state index contributed by atoms with van der Waals surface area (Å²) < 4.78 is 34.9. The van der Waals surface area contributed by atoms with Crippen LogP contribution in [-0.4, -0.2) is 37.7 Å². The van der Waals surface area contributed by atoms with Gasteiger partial charge in [0.05, 0.1) is 11.5 Å². The summed E-state index contributed by atoms with van der Waals surface area (Å²) in [5, 5.41) is 0. The minimum Gasteiger partial charge on any atom is -0.493 e. The van der Waals surface area contributed by atoms with Gasteiger partial charge >= 0.3 is 0 Å². The predicted octanol–water partition coefficient (Wildman–Crippen LogP) is 4.33. The Hall–Kier alpha value is -2.90. The first-order valence-corrected chi connectivity index (χ1v) is 12.7. The highest BCUT2D eigenvalue weighted by Gasteiger charge is 2.24. The highest BCUT2D eigenvalue weighted by Crippen LogP contribution is 2.34. The van der Waals surface area contributed by atoms with Crippen molar-refractivity contribution < 1.29 is 17.9 Å². The Morgan fingerprint density at radius 3 is 2.66 bits per heavy atom. The molecule has 166 valence electrons. The minimum atomic E-state index is -3.28. The van der Waals surface area contributed by atoms with Crippen molar-refractivity contribution >= 4 is 9.84 Å². The zero-order valence-corrected chi connectivity index (χ0v) is 19.1. The van der Waals surface area contributed by atoms with Crippen molar-refractivity contribution in [3.8, 4) is 17.4 Å². The molecule has 0 spiro atoms. The molecule has 2 aliphatic rings. The molecule has 1 aromatic heterocycles. The molecule has 7 heteroatoms. The molecule has 3 aromatic rings. The van der Waals surface area contributed by atoms with Crippen LogP contribution in [0.15, 0.2) is 59.6 Å². The monoisotopic (exact) mass is 450 g/mol. The van der Waals surface area contributed by atoms with Crippen LogP contribution in [-0.2, 0) is 29.2 Å². The maximum absolute atomic E-state index is 11.6. The van der Waals surface area contributed by atoms with E-state index in [0.29, 0.717) is 11.6 Å². The van der Waals surface area contributed by atoms with Gasteiger partial charge in [-0.05, 0) is 59.9 Å². The number of rotatable bonds is 5. The standard InChI is InChI=1S/C25H26N2O4S/c1-17(20-4-3-19-10-12-30-24(19)14-20)27-11-9-18-5-6-22(13-21(18)16-27)31-25-8-7-23(15-26-25)32(2,28)29/h3-8,13-15,17H,9-12,16H2,1-2H3. The Kier molecular flexibility index (Phi) is 5.39. The normalized spacial score (nSPS) is 16.7. The van der Waals surface area contributed by atoms with E-state index < -0.39 is 9.84 Å². The van der Waals surface area contributed by atoms with Gasteiger partial charge in [0, 0.05) is 44.1 Å². The maximum atomic E-state index is 11.6. The van der Waals surface area contributed by atoms with Crippen LogP contribution >= 0.6 is 0 Å². The van der Waals surface area contributed by atoms with Crippen LogP contribution < -0.4 is 9.47 Å². The molecular weight excluding hydrogens is 424 g/mol. The molecule has 0 amide bonds. The van der Waals surface area contributed by atoms with E-state index in [-0.39, 0.29) is 10.9 Å². The molecule has 1 atom stereocenters. The number of benzene rings is 2. The zero-order valence-electron chi connectivity index (χ0n) is 18.2. The first-order chi connectivity index (χ1) is 15.4. The molecule has 0 saturated carbocycles. The van der Waals surface area contributed by atoms with Crippen molar-refractivity contribution in [1.29, 1.82) is 0 Å². The quantitative estimate of drug-likeness (QED) is 0.576. The molecule has 2 aromatic carbocycles. The first-order valence-electron chi connectivity index (χ1n) is 10.8. The van der Waals surface area contributed by atoms with Crippen molar-refractivity contribution in [3.05, 3.63) is 77.0 Å². The summed E-state index contributed by atoms with van der Waals surface area (Å²) in [5.41, 5.74) is 5.14. The SMILES string of the molecule is CC(c1ccc2c(c1)OCC2)N1CCc2ccc(Oc3ccc(S(C)(=O)=O)cn3)cc2C1. The Morgan fingerprint density at radius 1 is 1.03 bits per heavy atom. The summed E-state index contributed by atoms with van der Waals surface area (Å²) >= 11 is 0. The van der Waals surface area contributed by atoms with Gasteiger partial charge in [-0.2, -0.15) is 0 Å². The van der Waals surface area contributed by atoms with Gasteiger partial charge in [-0.25, -0.2) is 13.4 Å². The summed E-state index contributed by atoms with van der Waals surface area (Å²) in [4.78, 5) is 6.79. The predicted molar refractivity (Wildman–Crippen MR) is 122 cm³/mol. The summed E-state index contributed by atoms with van der Waals surface area (Å²) in [5.74, 6) is 2.09. The second-order valence-electron chi connectivity index (χ2n) is 8.50. The molecule has 0 aliphatic carbocycles. The molecule has 0 N–H and O–H groups in total. The number of pyridine rings is 1. The molecule has 32 heavy (non-hydrogen) atoms. The number of nitrogens with zero attached hydrogens (tertiary/aromatic N) is 2. The zero-order chi connectivity index (χ0) is 22.3. The molecule has 1 unspecified atom stereocenters. The van der Waals surface area contributed by atoms with Gasteiger partial charge < -0.3 is 9.47 Å². The average Bonchev–Trinajstić information content (AvgIpc) is 3.26. The van der Waals surface area contributed by atoms with Gasteiger partial charge in [-0.15, -0.1) is 0 Å². The molecule has 0 radical (unpaired) electrons. The van der Waals surface area contributed by atoms with Gasteiger partial charge in [0.15, 0.2) is 9.84 Å². The van der Waals surface area contributed by atoms with Crippen LogP contribution in [0.4, 0.5) is 0 Å². The maximum Gasteiger partial charge on any atom is 0.219 e.